The molecule has 1 aliphatic rings. The molecule has 1 aromatic carbocycles. The lowest BCUT2D eigenvalue weighted by Gasteiger charge is -2.14. The molecule has 1 saturated heterocycles. The van der Waals surface area contributed by atoms with Gasteiger partial charge in [-0.05, 0) is 19.1 Å². The van der Waals surface area contributed by atoms with E-state index in [1.165, 1.54) is 12.1 Å². The molecule has 2 rings (SSSR count). The SMILES string of the molecule is Cc1ccc(S(=O)(=O)N2C(=N)CNC2=O)cc1. The quantitative estimate of drug-likeness (QED) is 0.812. The van der Waals surface area contributed by atoms with Crippen molar-refractivity contribution < 1.29 is 13.2 Å². The molecule has 0 aliphatic carbocycles. The van der Waals surface area contributed by atoms with Crippen molar-refractivity contribution in [2.45, 2.75) is 11.8 Å². The van der Waals surface area contributed by atoms with Gasteiger partial charge < -0.3 is 5.32 Å². The molecule has 0 atom stereocenters. The number of urea groups is 1. The van der Waals surface area contributed by atoms with Crippen LogP contribution >= 0.6 is 0 Å². The van der Waals surface area contributed by atoms with Crippen LogP contribution in [0.4, 0.5) is 4.79 Å². The molecule has 0 aromatic heterocycles. The third kappa shape index (κ3) is 1.89. The fraction of sp³-hybridized carbons (Fsp3) is 0.200. The second kappa shape index (κ2) is 3.85. The van der Waals surface area contributed by atoms with Crippen LogP contribution in [0.3, 0.4) is 0 Å². The molecule has 0 bridgehead atoms. The Morgan fingerprint density at radius 3 is 2.35 bits per heavy atom. The van der Waals surface area contributed by atoms with E-state index in [1.54, 1.807) is 12.1 Å². The van der Waals surface area contributed by atoms with E-state index < -0.39 is 16.1 Å². The number of rotatable bonds is 2. The van der Waals surface area contributed by atoms with Gasteiger partial charge in [0.25, 0.3) is 10.0 Å². The molecule has 90 valence electrons. The van der Waals surface area contributed by atoms with Crippen LogP contribution in [0.5, 0.6) is 0 Å². The number of carbonyl (C=O) groups is 1. The standard InChI is InChI=1S/C10H11N3O3S/c1-7-2-4-8(5-3-7)17(15,16)13-9(11)6-12-10(13)14/h2-5,11H,6H2,1H3,(H,12,14). The predicted molar refractivity (Wildman–Crippen MR) is 61.3 cm³/mol. The van der Waals surface area contributed by atoms with E-state index in [0.717, 1.165) is 5.56 Å². The summed E-state index contributed by atoms with van der Waals surface area (Å²) in [5.41, 5.74) is 0.921. The van der Waals surface area contributed by atoms with Crippen LogP contribution in [0.25, 0.3) is 0 Å². The van der Waals surface area contributed by atoms with Gasteiger partial charge in [-0.2, -0.15) is 4.31 Å². The second-order valence-electron chi connectivity index (χ2n) is 3.69. The number of sulfonamides is 1. The molecule has 2 amide bonds. The maximum absolute atomic E-state index is 12.1. The first-order chi connectivity index (χ1) is 7.93. The highest BCUT2D eigenvalue weighted by Gasteiger charge is 2.37. The van der Waals surface area contributed by atoms with Crippen LogP contribution in [-0.2, 0) is 10.0 Å². The molecule has 1 aromatic rings. The average Bonchev–Trinajstić information content (AvgIpc) is 2.59. The molecule has 1 heterocycles. The number of nitrogens with zero attached hydrogens (tertiary/aromatic N) is 1. The largest absolute Gasteiger partial charge is 0.337 e. The molecule has 0 unspecified atom stereocenters. The van der Waals surface area contributed by atoms with Gasteiger partial charge in [-0.1, -0.05) is 17.7 Å². The first-order valence-electron chi connectivity index (χ1n) is 4.90. The lowest BCUT2D eigenvalue weighted by molar-refractivity contribution is 0.240. The third-order valence-electron chi connectivity index (χ3n) is 2.40. The number of carbonyl (C=O) groups excluding carboxylic acids is 1. The number of hydrogen-bond donors (Lipinski definition) is 2. The summed E-state index contributed by atoms with van der Waals surface area (Å²) in [5, 5.41) is 9.74. The van der Waals surface area contributed by atoms with Gasteiger partial charge in [-0.25, -0.2) is 13.2 Å². The average molecular weight is 253 g/mol. The van der Waals surface area contributed by atoms with E-state index >= 15 is 0 Å². The zero-order valence-electron chi connectivity index (χ0n) is 9.10. The van der Waals surface area contributed by atoms with E-state index in [1.807, 2.05) is 6.92 Å². The Labute approximate surface area is 98.8 Å². The topological polar surface area (TPSA) is 90.3 Å². The van der Waals surface area contributed by atoms with Crippen LogP contribution in [0.2, 0.25) is 0 Å². The number of hydrogen-bond acceptors (Lipinski definition) is 4. The number of amidine groups is 1. The second-order valence-corrected chi connectivity index (χ2v) is 5.47. The van der Waals surface area contributed by atoms with Gasteiger partial charge in [0.15, 0.2) is 0 Å². The minimum absolute atomic E-state index is 0.00454. The third-order valence-corrected chi connectivity index (χ3v) is 4.13. The van der Waals surface area contributed by atoms with E-state index in [4.69, 9.17) is 5.41 Å². The summed E-state index contributed by atoms with van der Waals surface area (Å²) in [4.78, 5) is 11.4. The molecule has 6 nitrogen and oxygen atoms in total. The number of aryl methyl sites for hydroxylation is 1. The molecular formula is C10H11N3O3S. The molecule has 2 N–H and O–H groups in total. The fourth-order valence-electron chi connectivity index (χ4n) is 1.50. The summed E-state index contributed by atoms with van der Waals surface area (Å²) in [5.74, 6) is -0.268. The van der Waals surface area contributed by atoms with Crippen LogP contribution in [-0.4, -0.2) is 31.1 Å². The highest BCUT2D eigenvalue weighted by molar-refractivity contribution is 7.90. The van der Waals surface area contributed by atoms with Crippen molar-refractivity contribution >= 4 is 21.9 Å². The molecule has 0 spiro atoms. The minimum atomic E-state index is -3.96. The lowest BCUT2D eigenvalue weighted by atomic mass is 10.2. The Morgan fingerprint density at radius 1 is 1.29 bits per heavy atom. The lowest BCUT2D eigenvalue weighted by Crippen LogP contribution is -2.36. The van der Waals surface area contributed by atoms with Gasteiger partial charge in [-0.15, -0.1) is 0 Å². The molecule has 1 aliphatic heterocycles. The molecule has 0 radical (unpaired) electrons. The van der Waals surface area contributed by atoms with Gasteiger partial charge >= 0.3 is 6.03 Å². The maximum atomic E-state index is 12.1. The molecule has 1 fully saturated rings. The highest BCUT2D eigenvalue weighted by atomic mass is 32.2. The van der Waals surface area contributed by atoms with Crippen molar-refractivity contribution in [2.75, 3.05) is 6.54 Å². The Bertz CT molecular complexity index is 561. The Morgan fingerprint density at radius 2 is 1.88 bits per heavy atom. The summed E-state index contributed by atoms with van der Waals surface area (Å²) >= 11 is 0. The van der Waals surface area contributed by atoms with Gasteiger partial charge in [0.2, 0.25) is 0 Å². The van der Waals surface area contributed by atoms with Gasteiger partial charge in [0.1, 0.15) is 5.84 Å². The summed E-state index contributed by atoms with van der Waals surface area (Å²) in [6, 6.07) is 5.35. The highest BCUT2D eigenvalue weighted by Crippen LogP contribution is 2.18. The first-order valence-corrected chi connectivity index (χ1v) is 6.34. The number of amides is 2. The molecular weight excluding hydrogens is 242 g/mol. The Hall–Kier alpha value is -1.89. The van der Waals surface area contributed by atoms with Crippen LogP contribution in [0.1, 0.15) is 5.56 Å². The monoisotopic (exact) mass is 253 g/mol. The van der Waals surface area contributed by atoms with Gasteiger partial charge in [-0.3, -0.25) is 5.41 Å². The van der Waals surface area contributed by atoms with Crippen molar-refractivity contribution in [2.24, 2.45) is 0 Å². The summed E-state index contributed by atoms with van der Waals surface area (Å²) in [6.45, 7) is 1.77. The minimum Gasteiger partial charge on any atom is -0.330 e. The smallest absolute Gasteiger partial charge is 0.330 e. The van der Waals surface area contributed by atoms with Crippen molar-refractivity contribution in [3.8, 4) is 0 Å². The molecule has 0 saturated carbocycles. The molecule has 17 heavy (non-hydrogen) atoms. The summed E-state index contributed by atoms with van der Waals surface area (Å²) in [6.07, 6.45) is 0. The van der Waals surface area contributed by atoms with Crippen molar-refractivity contribution in [1.82, 2.24) is 9.62 Å². The van der Waals surface area contributed by atoms with E-state index in [0.29, 0.717) is 4.31 Å². The zero-order valence-corrected chi connectivity index (χ0v) is 9.91. The van der Waals surface area contributed by atoms with E-state index in [2.05, 4.69) is 5.32 Å². The van der Waals surface area contributed by atoms with Gasteiger partial charge in [0.05, 0.1) is 11.4 Å². The number of benzene rings is 1. The van der Waals surface area contributed by atoms with Crippen LogP contribution in [0, 0.1) is 12.3 Å². The van der Waals surface area contributed by atoms with Gasteiger partial charge in [0, 0.05) is 0 Å². The van der Waals surface area contributed by atoms with Crippen molar-refractivity contribution in [1.29, 1.82) is 5.41 Å². The van der Waals surface area contributed by atoms with Crippen LogP contribution in [0.15, 0.2) is 29.2 Å². The fourth-order valence-corrected chi connectivity index (χ4v) is 2.82. The number of nitrogens with one attached hydrogen (secondary N) is 2. The summed E-state index contributed by atoms with van der Waals surface area (Å²) < 4.78 is 24.7. The van der Waals surface area contributed by atoms with Crippen LogP contribution < -0.4 is 5.32 Å². The predicted octanol–water partition coefficient (Wildman–Crippen LogP) is 0.686. The van der Waals surface area contributed by atoms with Crippen molar-refractivity contribution in [3.63, 3.8) is 0 Å². The maximum Gasteiger partial charge on any atom is 0.337 e. The summed E-state index contributed by atoms with van der Waals surface area (Å²) in [7, 11) is -3.96. The Kier molecular flexibility index (Phi) is 2.62. The first kappa shape index (κ1) is 11.6. The van der Waals surface area contributed by atoms with Crippen molar-refractivity contribution in [3.05, 3.63) is 29.8 Å². The van der Waals surface area contributed by atoms with E-state index in [9.17, 15) is 13.2 Å². The molecule has 7 heteroatoms. The Balaban J connectivity index is 2.46. The zero-order chi connectivity index (χ0) is 12.6. The normalized spacial score (nSPS) is 16.2. The van der Waals surface area contributed by atoms with E-state index in [-0.39, 0.29) is 17.3 Å².